The van der Waals surface area contributed by atoms with E-state index in [1.54, 1.807) is 0 Å². The Morgan fingerprint density at radius 3 is 2.68 bits per heavy atom. The number of nitrogens with zero attached hydrogens (tertiary/aromatic N) is 1. The van der Waals surface area contributed by atoms with E-state index in [9.17, 15) is 18.5 Å². The van der Waals surface area contributed by atoms with Gasteiger partial charge in [-0.25, -0.2) is 13.1 Å². The first-order valence-corrected chi connectivity index (χ1v) is 7.42. The zero-order chi connectivity index (χ0) is 14.0. The molecular formula is C11H15N3O4S. The van der Waals surface area contributed by atoms with E-state index in [0.717, 1.165) is 31.4 Å². The molecule has 19 heavy (non-hydrogen) atoms. The highest BCUT2D eigenvalue weighted by atomic mass is 32.2. The average Bonchev–Trinajstić information content (AvgIpc) is 3.12. The highest BCUT2D eigenvalue weighted by Crippen LogP contribution is 2.32. The molecule has 7 nitrogen and oxygen atoms in total. The molecule has 0 heterocycles. The lowest BCUT2D eigenvalue weighted by Crippen LogP contribution is -2.25. The van der Waals surface area contributed by atoms with Gasteiger partial charge in [-0.2, -0.15) is 0 Å². The van der Waals surface area contributed by atoms with Crippen LogP contribution in [0.5, 0.6) is 0 Å². The number of nitrogens with one attached hydrogen (secondary N) is 1. The van der Waals surface area contributed by atoms with Gasteiger partial charge in [-0.3, -0.25) is 10.1 Å². The summed E-state index contributed by atoms with van der Waals surface area (Å²) in [5.41, 5.74) is 5.09. The van der Waals surface area contributed by atoms with Gasteiger partial charge in [-0.05, 0) is 24.5 Å². The highest BCUT2D eigenvalue weighted by Gasteiger charge is 2.27. The van der Waals surface area contributed by atoms with Gasteiger partial charge in [0.15, 0.2) is 4.90 Å². The summed E-state index contributed by atoms with van der Waals surface area (Å²) < 4.78 is 26.4. The van der Waals surface area contributed by atoms with Crippen LogP contribution in [0.3, 0.4) is 0 Å². The molecule has 0 aliphatic heterocycles. The van der Waals surface area contributed by atoms with E-state index in [0.29, 0.717) is 12.5 Å². The van der Waals surface area contributed by atoms with Crippen LogP contribution in [0, 0.1) is 16.0 Å². The second kappa shape index (κ2) is 5.14. The van der Waals surface area contributed by atoms with Crippen LogP contribution in [0.15, 0.2) is 23.1 Å². The molecule has 0 atom stereocenters. The Labute approximate surface area is 111 Å². The molecule has 0 radical (unpaired) electrons. The summed E-state index contributed by atoms with van der Waals surface area (Å²) in [6.45, 7) is 0.300. The number of hydrogen-bond donors (Lipinski definition) is 2. The van der Waals surface area contributed by atoms with Crippen LogP contribution in [-0.2, 0) is 10.0 Å². The molecule has 1 aliphatic rings. The predicted molar refractivity (Wildman–Crippen MR) is 70.0 cm³/mol. The van der Waals surface area contributed by atoms with Crippen molar-refractivity contribution in [3.05, 3.63) is 28.3 Å². The van der Waals surface area contributed by atoms with Crippen LogP contribution in [0.1, 0.15) is 19.3 Å². The number of nitrogens with two attached hydrogens (primary N) is 1. The largest absolute Gasteiger partial charge is 0.399 e. The number of nitrogen functional groups attached to an aromatic ring is 1. The molecule has 1 aromatic carbocycles. The molecule has 104 valence electrons. The number of sulfonamides is 1. The van der Waals surface area contributed by atoms with Crippen LogP contribution in [0.4, 0.5) is 11.4 Å². The van der Waals surface area contributed by atoms with E-state index in [-0.39, 0.29) is 10.6 Å². The smallest absolute Gasteiger partial charge is 0.291 e. The Hall–Kier alpha value is -1.67. The van der Waals surface area contributed by atoms with Crippen molar-refractivity contribution in [3.63, 3.8) is 0 Å². The van der Waals surface area contributed by atoms with Gasteiger partial charge in [0.25, 0.3) is 5.69 Å². The molecule has 0 unspecified atom stereocenters. The molecule has 0 spiro atoms. The fourth-order valence-corrected chi connectivity index (χ4v) is 2.98. The molecule has 1 fully saturated rings. The summed E-state index contributed by atoms with van der Waals surface area (Å²) in [5, 5.41) is 10.9. The summed E-state index contributed by atoms with van der Waals surface area (Å²) in [6, 6.07) is 3.55. The number of rotatable bonds is 6. The average molecular weight is 285 g/mol. The minimum absolute atomic E-state index is 0.156. The lowest BCUT2D eigenvalue weighted by Gasteiger charge is -2.07. The molecule has 1 aromatic rings. The Bertz CT molecular complexity index is 596. The topological polar surface area (TPSA) is 115 Å². The molecule has 0 saturated heterocycles. The summed E-state index contributed by atoms with van der Waals surface area (Å²) in [7, 11) is -3.87. The normalized spacial score (nSPS) is 15.4. The van der Waals surface area contributed by atoms with Crippen LogP contribution < -0.4 is 10.5 Å². The number of nitro groups is 1. The van der Waals surface area contributed by atoms with Crippen LogP contribution >= 0.6 is 0 Å². The summed E-state index contributed by atoms with van der Waals surface area (Å²) in [5.74, 6) is 0.587. The molecule has 8 heteroatoms. The van der Waals surface area contributed by atoms with E-state index in [1.807, 2.05) is 0 Å². The fraction of sp³-hybridized carbons (Fsp3) is 0.455. The maximum atomic E-state index is 12.0. The first kappa shape index (κ1) is 13.8. The third-order valence-corrected chi connectivity index (χ3v) is 4.52. The summed E-state index contributed by atoms with van der Waals surface area (Å²) in [6.07, 6.45) is 3.02. The van der Waals surface area contributed by atoms with Gasteiger partial charge in [0.1, 0.15) is 0 Å². The molecule has 1 saturated carbocycles. The number of anilines is 1. The first-order chi connectivity index (χ1) is 8.90. The monoisotopic (exact) mass is 285 g/mol. The molecular weight excluding hydrogens is 270 g/mol. The zero-order valence-electron chi connectivity index (χ0n) is 10.2. The molecule has 2 rings (SSSR count). The first-order valence-electron chi connectivity index (χ1n) is 5.94. The maximum Gasteiger partial charge on any atom is 0.291 e. The third kappa shape index (κ3) is 3.42. The van der Waals surface area contributed by atoms with Crippen molar-refractivity contribution in [2.24, 2.45) is 5.92 Å². The van der Waals surface area contributed by atoms with E-state index >= 15 is 0 Å². The molecule has 1 aliphatic carbocycles. The van der Waals surface area contributed by atoms with Crippen molar-refractivity contribution >= 4 is 21.4 Å². The quantitative estimate of drug-likeness (QED) is 0.463. The van der Waals surface area contributed by atoms with E-state index in [4.69, 9.17) is 5.73 Å². The van der Waals surface area contributed by atoms with Crippen LogP contribution in [0.25, 0.3) is 0 Å². The lowest BCUT2D eigenvalue weighted by atomic mass is 10.3. The van der Waals surface area contributed by atoms with Gasteiger partial charge in [0, 0.05) is 18.3 Å². The zero-order valence-corrected chi connectivity index (χ0v) is 11.0. The second-order valence-corrected chi connectivity index (χ2v) is 6.35. The number of nitro benzene ring substituents is 1. The van der Waals surface area contributed by atoms with Crippen LogP contribution in [0.2, 0.25) is 0 Å². The Morgan fingerprint density at radius 1 is 1.42 bits per heavy atom. The summed E-state index contributed by atoms with van der Waals surface area (Å²) >= 11 is 0. The number of hydrogen-bond acceptors (Lipinski definition) is 5. The van der Waals surface area contributed by atoms with Crippen molar-refractivity contribution in [2.45, 2.75) is 24.2 Å². The Kier molecular flexibility index (Phi) is 3.72. The molecule has 0 bridgehead atoms. The van der Waals surface area contributed by atoms with E-state index in [2.05, 4.69) is 4.72 Å². The Balaban J connectivity index is 2.20. The van der Waals surface area contributed by atoms with Crippen molar-refractivity contribution in [1.29, 1.82) is 0 Å². The van der Waals surface area contributed by atoms with Gasteiger partial charge >= 0.3 is 0 Å². The highest BCUT2D eigenvalue weighted by molar-refractivity contribution is 7.89. The predicted octanol–water partition coefficient (Wildman–Crippen LogP) is 1.26. The van der Waals surface area contributed by atoms with Crippen LogP contribution in [-0.4, -0.2) is 19.9 Å². The summed E-state index contributed by atoms with van der Waals surface area (Å²) in [4.78, 5) is 9.78. The lowest BCUT2D eigenvalue weighted by molar-refractivity contribution is -0.387. The molecule has 0 amide bonds. The van der Waals surface area contributed by atoms with Gasteiger partial charge in [0.2, 0.25) is 10.0 Å². The van der Waals surface area contributed by atoms with Gasteiger partial charge in [0.05, 0.1) is 4.92 Å². The number of benzene rings is 1. The second-order valence-electron chi connectivity index (χ2n) is 4.61. The van der Waals surface area contributed by atoms with Gasteiger partial charge < -0.3 is 5.73 Å². The van der Waals surface area contributed by atoms with E-state index < -0.39 is 20.6 Å². The van der Waals surface area contributed by atoms with Crippen molar-refractivity contribution in [3.8, 4) is 0 Å². The van der Waals surface area contributed by atoms with Gasteiger partial charge in [-0.1, -0.05) is 12.8 Å². The third-order valence-electron chi connectivity index (χ3n) is 3.01. The van der Waals surface area contributed by atoms with Gasteiger partial charge in [-0.15, -0.1) is 0 Å². The van der Waals surface area contributed by atoms with Crippen molar-refractivity contribution < 1.29 is 13.3 Å². The van der Waals surface area contributed by atoms with E-state index in [1.165, 1.54) is 6.07 Å². The van der Waals surface area contributed by atoms with Crippen molar-refractivity contribution in [1.82, 2.24) is 4.72 Å². The maximum absolute atomic E-state index is 12.0. The van der Waals surface area contributed by atoms with Crippen molar-refractivity contribution in [2.75, 3.05) is 12.3 Å². The molecule has 3 N–H and O–H groups in total. The fourth-order valence-electron chi connectivity index (χ4n) is 1.79. The molecule has 0 aromatic heterocycles. The Morgan fingerprint density at radius 2 is 2.11 bits per heavy atom. The minimum atomic E-state index is -3.87. The minimum Gasteiger partial charge on any atom is -0.399 e. The standard InChI is InChI=1S/C11H15N3O4S/c12-9-3-4-11(10(7-9)14(15)16)19(17,18)13-6-5-8-1-2-8/h3-4,7-8,13H,1-2,5-6,12H2. The SMILES string of the molecule is Nc1ccc(S(=O)(=O)NCCC2CC2)c([N+](=O)[O-])c1.